The SMILES string of the molecule is CCc1cc(-c2ccc(OCc3ccccc3)cc2)n(OS(=O)(=O)C(F)(F)F)c(=O)c1Sc1ccccc1. The smallest absolute Gasteiger partial charge is 0.489 e. The highest BCUT2D eigenvalue weighted by Crippen LogP contribution is 2.32. The van der Waals surface area contributed by atoms with Gasteiger partial charge >= 0.3 is 15.6 Å². The van der Waals surface area contributed by atoms with Crippen LogP contribution in [-0.4, -0.2) is 18.7 Å². The molecule has 0 atom stereocenters. The topological polar surface area (TPSA) is 74.6 Å². The lowest BCUT2D eigenvalue weighted by Crippen LogP contribution is -2.39. The van der Waals surface area contributed by atoms with Crippen LogP contribution in [0.1, 0.15) is 18.1 Å². The summed E-state index contributed by atoms with van der Waals surface area (Å²) >= 11 is 1.01. The second-order valence-corrected chi connectivity index (χ2v) is 10.6. The number of aromatic nitrogens is 1. The first-order valence-electron chi connectivity index (χ1n) is 11.4. The molecule has 1 aromatic heterocycles. The molecule has 1 heterocycles. The van der Waals surface area contributed by atoms with E-state index in [-0.39, 0.29) is 20.9 Å². The first kappa shape index (κ1) is 27.3. The fraction of sp³-hybridized carbons (Fsp3) is 0.148. The van der Waals surface area contributed by atoms with Gasteiger partial charge in [0.2, 0.25) is 0 Å². The number of hydrogen-bond acceptors (Lipinski definition) is 6. The molecule has 0 fully saturated rings. The first-order valence-corrected chi connectivity index (χ1v) is 13.6. The zero-order valence-electron chi connectivity index (χ0n) is 20.0. The van der Waals surface area contributed by atoms with E-state index in [1.807, 2.05) is 30.3 Å². The number of rotatable bonds is 9. The molecule has 38 heavy (non-hydrogen) atoms. The van der Waals surface area contributed by atoms with Crippen molar-refractivity contribution in [2.24, 2.45) is 0 Å². The number of benzene rings is 3. The molecule has 4 rings (SSSR count). The van der Waals surface area contributed by atoms with Crippen LogP contribution < -0.4 is 14.6 Å². The van der Waals surface area contributed by atoms with Gasteiger partial charge in [0.1, 0.15) is 12.4 Å². The third-order valence-electron chi connectivity index (χ3n) is 5.40. The van der Waals surface area contributed by atoms with E-state index in [1.54, 1.807) is 49.4 Å². The van der Waals surface area contributed by atoms with Crippen molar-refractivity contribution >= 4 is 21.9 Å². The van der Waals surface area contributed by atoms with E-state index in [9.17, 15) is 26.4 Å². The van der Waals surface area contributed by atoms with Crippen molar-refractivity contribution in [3.8, 4) is 17.0 Å². The van der Waals surface area contributed by atoms with Gasteiger partial charge in [-0.3, -0.25) is 9.08 Å². The van der Waals surface area contributed by atoms with Crippen LogP contribution in [-0.2, 0) is 23.1 Å². The number of nitrogens with zero attached hydrogens (tertiary/aromatic N) is 1. The molecule has 3 aromatic carbocycles. The zero-order chi connectivity index (χ0) is 27.3. The minimum atomic E-state index is -6.13. The van der Waals surface area contributed by atoms with Crippen LogP contribution in [0.25, 0.3) is 11.3 Å². The fourth-order valence-electron chi connectivity index (χ4n) is 3.48. The molecular formula is C27H22F3NO5S2. The van der Waals surface area contributed by atoms with Crippen molar-refractivity contribution in [1.82, 2.24) is 4.73 Å². The number of pyridine rings is 1. The summed E-state index contributed by atoms with van der Waals surface area (Å²) < 4.78 is 73.8. The van der Waals surface area contributed by atoms with Crippen molar-refractivity contribution in [3.05, 3.63) is 112 Å². The Morgan fingerprint density at radius 3 is 2.08 bits per heavy atom. The largest absolute Gasteiger partial charge is 0.536 e. The molecule has 0 bridgehead atoms. The van der Waals surface area contributed by atoms with Crippen LogP contribution in [0.3, 0.4) is 0 Å². The van der Waals surface area contributed by atoms with Crippen LogP contribution in [0.15, 0.2) is 106 Å². The van der Waals surface area contributed by atoms with Crippen molar-refractivity contribution in [2.75, 3.05) is 0 Å². The van der Waals surface area contributed by atoms with Crippen molar-refractivity contribution < 1.29 is 30.6 Å². The van der Waals surface area contributed by atoms with Gasteiger partial charge in [0.25, 0.3) is 5.56 Å². The quantitative estimate of drug-likeness (QED) is 0.231. The number of ether oxygens (including phenoxy) is 1. The predicted molar refractivity (Wildman–Crippen MR) is 138 cm³/mol. The molecule has 0 saturated heterocycles. The highest BCUT2D eigenvalue weighted by molar-refractivity contribution is 7.99. The van der Waals surface area contributed by atoms with Gasteiger partial charge in [-0.15, -0.1) is 4.73 Å². The van der Waals surface area contributed by atoms with E-state index in [2.05, 4.69) is 4.28 Å². The van der Waals surface area contributed by atoms with Gasteiger partial charge in [-0.05, 0) is 60.0 Å². The molecule has 198 valence electrons. The van der Waals surface area contributed by atoms with Gasteiger partial charge in [0, 0.05) is 10.5 Å². The average molecular weight is 562 g/mol. The highest BCUT2D eigenvalue weighted by atomic mass is 32.2. The standard InChI is InChI=1S/C27H22F3NO5S2/c1-2-20-17-24(21-13-15-22(16-14-21)35-18-19-9-5-3-6-10-19)31(36-38(33,34)27(28,29)30)26(32)25(20)37-23-11-7-4-8-12-23/h3-17H,2,18H2,1H3. The van der Waals surface area contributed by atoms with Crippen LogP contribution >= 0.6 is 11.8 Å². The average Bonchev–Trinajstić information content (AvgIpc) is 2.91. The van der Waals surface area contributed by atoms with E-state index in [0.717, 1.165) is 17.3 Å². The van der Waals surface area contributed by atoms with Crippen LogP contribution in [0.5, 0.6) is 5.75 Å². The maximum Gasteiger partial charge on any atom is 0.536 e. The van der Waals surface area contributed by atoms with Gasteiger partial charge in [0.05, 0.1) is 10.6 Å². The maximum absolute atomic E-state index is 13.4. The minimum Gasteiger partial charge on any atom is -0.489 e. The molecule has 0 aliphatic rings. The fourth-order valence-corrected chi connectivity index (χ4v) is 4.95. The summed E-state index contributed by atoms with van der Waals surface area (Å²) in [5, 5.41) is 0. The van der Waals surface area contributed by atoms with Crippen LogP contribution in [0, 0.1) is 0 Å². The number of hydrogen-bond donors (Lipinski definition) is 0. The minimum absolute atomic E-state index is 0.0580. The Labute approximate surface area is 221 Å². The summed E-state index contributed by atoms with van der Waals surface area (Å²) in [5.74, 6) is 0.474. The molecule has 0 N–H and O–H groups in total. The van der Waals surface area contributed by atoms with E-state index < -0.39 is 21.2 Å². The molecule has 0 aliphatic carbocycles. The Hall–Kier alpha value is -3.70. The van der Waals surface area contributed by atoms with Crippen molar-refractivity contribution in [2.45, 2.75) is 35.3 Å². The normalized spacial score (nSPS) is 11.8. The Bertz CT molecular complexity index is 1560. The molecule has 0 aliphatic heterocycles. The lowest BCUT2D eigenvalue weighted by Gasteiger charge is -2.18. The molecule has 6 nitrogen and oxygen atoms in total. The molecular weight excluding hydrogens is 539 g/mol. The van der Waals surface area contributed by atoms with Crippen LogP contribution in [0.2, 0.25) is 0 Å². The first-order chi connectivity index (χ1) is 18.1. The Morgan fingerprint density at radius 1 is 0.895 bits per heavy atom. The van der Waals surface area contributed by atoms with E-state index >= 15 is 0 Å². The Kier molecular flexibility index (Phi) is 8.17. The molecule has 0 unspecified atom stereocenters. The van der Waals surface area contributed by atoms with Gasteiger partial charge in [-0.25, -0.2) is 0 Å². The van der Waals surface area contributed by atoms with Gasteiger partial charge in [-0.2, -0.15) is 21.6 Å². The molecule has 0 radical (unpaired) electrons. The third kappa shape index (κ3) is 6.22. The molecule has 0 amide bonds. The highest BCUT2D eigenvalue weighted by Gasteiger charge is 2.49. The van der Waals surface area contributed by atoms with E-state index in [1.165, 1.54) is 18.2 Å². The molecule has 11 heteroatoms. The summed E-state index contributed by atoms with van der Waals surface area (Å²) in [4.78, 5) is 14.1. The zero-order valence-corrected chi connectivity index (χ0v) is 21.6. The maximum atomic E-state index is 13.4. The Balaban J connectivity index is 1.76. The lowest BCUT2D eigenvalue weighted by molar-refractivity contribution is -0.0548. The van der Waals surface area contributed by atoms with Gasteiger partial charge < -0.3 is 4.74 Å². The summed E-state index contributed by atoms with van der Waals surface area (Å²) in [6.45, 7) is 2.08. The Morgan fingerprint density at radius 2 is 1.50 bits per heavy atom. The molecule has 0 spiro atoms. The summed E-state index contributed by atoms with van der Waals surface area (Å²) in [7, 11) is -6.13. The molecule has 0 saturated carbocycles. The predicted octanol–water partition coefficient (Wildman–Crippen LogP) is 6.09. The lowest BCUT2D eigenvalue weighted by atomic mass is 10.1. The van der Waals surface area contributed by atoms with Crippen molar-refractivity contribution in [3.63, 3.8) is 0 Å². The van der Waals surface area contributed by atoms with Crippen LogP contribution in [0.4, 0.5) is 13.2 Å². The van der Waals surface area contributed by atoms with Gasteiger partial charge in [-0.1, -0.05) is 67.2 Å². The second kappa shape index (κ2) is 11.4. The summed E-state index contributed by atoms with van der Waals surface area (Å²) in [6.07, 6.45) is 0.364. The summed E-state index contributed by atoms with van der Waals surface area (Å²) in [5.41, 5.74) is -5.17. The number of aryl methyl sites for hydroxylation is 1. The van der Waals surface area contributed by atoms with E-state index in [4.69, 9.17) is 4.74 Å². The third-order valence-corrected chi connectivity index (χ3v) is 7.46. The van der Waals surface area contributed by atoms with E-state index in [0.29, 0.717) is 29.2 Å². The summed E-state index contributed by atoms with van der Waals surface area (Å²) in [6, 6.07) is 25.8. The molecule has 4 aromatic rings. The monoisotopic (exact) mass is 561 g/mol. The van der Waals surface area contributed by atoms with Crippen molar-refractivity contribution in [1.29, 1.82) is 0 Å². The number of alkyl halides is 3. The van der Waals surface area contributed by atoms with Gasteiger partial charge in [0.15, 0.2) is 0 Å². The number of halogens is 3. The second-order valence-electron chi connectivity index (χ2n) is 8.03.